The molecule has 2 rings (SSSR count). The summed E-state index contributed by atoms with van der Waals surface area (Å²) in [4.78, 5) is 28.3. The highest BCUT2D eigenvalue weighted by Crippen LogP contribution is 2.17. The van der Waals surface area contributed by atoms with Gasteiger partial charge in [0.05, 0.1) is 12.6 Å². The normalized spacial score (nSPS) is 13.5. The number of nitrogens with zero attached hydrogens (tertiary/aromatic N) is 1. The first kappa shape index (κ1) is 32.3. The van der Waals surface area contributed by atoms with Gasteiger partial charge in [-0.25, -0.2) is 8.78 Å². The van der Waals surface area contributed by atoms with Crippen LogP contribution in [0, 0.1) is 18.6 Å². The number of rotatable bonds is 16. The number of benzene rings is 2. The molecule has 0 heterocycles. The van der Waals surface area contributed by atoms with E-state index in [0.717, 1.165) is 43.9 Å². The van der Waals surface area contributed by atoms with E-state index in [2.05, 4.69) is 5.32 Å². The van der Waals surface area contributed by atoms with Gasteiger partial charge in [-0.2, -0.15) is 0 Å². The predicted molar refractivity (Wildman–Crippen MR) is 147 cm³/mol. The van der Waals surface area contributed by atoms with Crippen molar-refractivity contribution in [3.8, 4) is 0 Å². The van der Waals surface area contributed by atoms with Crippen molar-refractivity contribution in [3.05, 3.63) is 70.3 Å². The van der Waals surface area contributed by atoms with Crippen LogP contribution in [0.4, 0.5) is 8.78 Å². The maximum Gasteiger partial charge on any atom is 0.253 e. The molecule has 216 valence electrons. The second kappa shape index (κ2) is 16.3. The number of carbonyl (C=O) groups is 2. The molecule has 3 atom stereocenters. The Morgan fingerprint density at radius 1 is 0.923 bits per heavy atom. The Bertz CT molecular complexity index is 1060. The molecule has 0 fully saturated rings. The van der Waals surface area contributed by atoms with E-state index in [0.29, 0.717) is 30.8 Å². The van der Waals surface area contributed by atoms with Crippen molar-refractivity contribution in [1.29, 1.82) is 0 Å². The van der Waals surface area contributed by atoms with Crippen molar-refractivity contribution in [3.63, 3.8) is 0 Å². The molecule has 39 heavy (non-hydrogen) atoms. The Kier molecular flexibility index (Phi) is 13.5. The monoisotopic (exact) mass is 548 g/mol. The summed E-state index contributed by atoms with van der Waals surface area (Å²) in [5, 5.41) is 24.2. The first-order valence-corrected chi connectivity index (χ1v) is 13.7. The van der Waals surface area contributed by atoms with Gasteiger partial charge in [0.1, 0.15) is 23.8 Å². The summed E-state index contributed by atoms with van der Waals surface area (Å²) in [6.45, 7) is 9.18. The molecule has 0 bridgehead atoms. The van der Waals surface area contributed by atoms with E-state index >= 15 is 0 Å². The number of amides is 2. The number of aliphatic hydroxyl groups excluding tert-OH is 2. The second-order valence-corrected chi connectivity index (χ2v) is 9.93. The van der Waals surface area contributed by atoms with Gasteiger partial charge < -0.3 is 25.2 Å². The number of aliphatic hydroxyl groups is 2. The zero-order chi connectivity index (χ0) is 28.9. The Morgan fingerprint density at radius 2 is 1.54 bits per heavy atom. The van der Waals surface area contributed by atoms with Crippen LogP contribution < -0.4 is 5.32 Å². The quantitative estimate of drug-likeness (QED) is 0.270. The van der Waals surface area contributed by atoms with Crippen molar-refractivity contribution < 1.29 is 33.3 Å². The zero-order valence-corrected chi connectivity index (χ0v) is 23.4. The SMILES string of the molecule is CCCCOCC(O)[C@H](O)[C@H](Cc1cc(F)cc(F)c1)NC(=O)c1cc(C)cc(C(=O)N(CCC)CCC)c1. The number of unbranched alkanes of at least 4 members (excludes halogenated alkanes) is 1. The second-order valence-electron chi connectivity index (χ2n) is 9.93. The number of halogens is 2. The Morgan fingerprint density at radius 3 is 2.13 bits per heavy atom. The minimum atomic E-state index is -1.49. The van der Waals surface area contributed by atoms with E-state index in [1.807, 2.05) is 20.8 Å². The molecule has 0 spiro atoms. The predicted octanol–water partition coefficient (Wildman–Crippen LogP) is 4.42. The van der Waals surface area contributed by atoms with Gasteiger partial charge >= 0.3 is 0 Å². The standard InChI is InChI=1S/C30H42F2N2O5/c1-5-8-11-39-19-27(35)28(36)26(16-21-14-24(31)18-25(32)15-21)33-29(37)22-12-20(4)13-23(17-22)30(38)34(9-6-2)10-7-3/h12-15,17-18,26-28,35-36H,5-11,16,19H2,1-4H3,(H,33,37)/t26-,27?,28+/m0/s1. The van der Waals surface area contributed by atoms with Crippen LogP contribution in [-0.4, -0.2) is 71.5 Å². The molecule has 7 nitrogen and oxygen atoms in total. The van der Waals surface area contributed by atoms with Crippen molar-refractivity contribution in [1.82, 2.24) is 10.2 Å². The van der Waals surface area contributed by atoms with E-state index in [9.17, 15) is 28.6 Å². The summed E-state index contributed by atoms with van der Waals surface area (Å²) in [6.07, 6.45) is 0.303. The molecule has 0 saturated heterocycles. The fourth-order valence-electron chi connectivity index (χ4n) is 4.38. The minimum Gasteiger partial charge on any atom is -0.388 e. The highest BCUT2D eigenvalue weighted by molar-refractivity contribution is 6.00. The van der Waals surface area contributed by atoms with Gasteiger partial charge in [-0.15, -0.1) is 0 Å². The molecular weight excluding hydrogens is 506 g/mol. The lowest BCUT2D eigenvalue weighted by atomic mass is 9.96. The molecule has 0 aliphatic heterocycles. The van der Waals surface area contributed by atoms with Crippen LogP contribution in [-0.2, 0) is 11.2 Å². The molecule has 0 aromatic heterocycles. The highest BCUT2D eigenvalue weighted by Gasteiger charge is 2.29. The third-order valence-electron chi connectivity index (χ3n) is 6.29. The number of nitrogens with one attached hydrogen (secondary N) is 1. The Hall–Kier alpha value is -2.88. The summed E-state index contributed by atoms with van der Waals surface area (Å²) >= 11 is 0. The van der Waals surface area contributed by atoms with Gasteiger partial charge in [-0.05, 0) is 74.1 Å². The molecule has 2 aromatic carbocycles. The van der Waals surface area contributed by atoms with E-state index < -0.39 is 35.8 Å². The molecule has 0 saturated carbocycles. The number of hydrogen-bond acceptors (Lipinski definition) is 5. The lowest BCUT2D eigenvalue weighted by molar-refractivity contribution is -0.0510. The molecule has 2 aromatic rings. The van der Waals surface area contributed by atoms with E-state index in [-0.39, 0.29) is 30.1 Å². The topological polar surface area (TPSA) is 99.1 Å². The van der Waals surface area contributed by atoms with Gasteiger partial charge in [0.2, 0.25) is 0 Å². The lowest BCUT2D eigenvalue weighted by Gasteiger charge is -2.28. The van der Waals surface area contributed by atoms with E-state index in [1.165, 1.54) is 6.07 Å². The van der Waals surface area contributed by atoms with Crippen molar-refractivity contribution in [2.75, 3.05) is 26.3 Å². The molecule has 0 aliphatic carbocycles. The van der Waals surface area contributed by atoms with Crippen LogP contribution >= 0.6 is 0 Å². The fraction of sp³-hybridized carbons (Fsp3) is 0.533. The summed E-state index contributed by atoms with van der Waals surface area (Å²) in [6, 6.07) is 6.69. The highest BCUT2D eigenvalue weighted by atomic mass is 19.1. The zero-order valence-electron chi connectivity index (χ0n) is 23.4. The molecule has 0 aliphatic rings. The number of aryl methyl sites for hydroxylation is 1. The fourth-order valence-corrected chi connectivity index (χ4v) is 4.38. The van der Waals surface area contributed by atoms with Crippen molar-refractivity contribution in [2.45, 2.75) is 78.0 Å². The number of carbonyl (C=O) groups excluding carboxylic acids is 2. The van der Waals surface area contributed by atoms with Crippen LogP contribution in [0.1, 0.15) is 78.3 Å². The van der Waals surface area contributed by atoms with Gasteiger partial charge in [0.25, 0.3) is 11.8 Å². The average Bonchev–Trinajstić information content (AvgIpc) is 2.88. The molecule has 2 amide bonds. The summed E-state index contributed by atoms with van der Waals surface area (Å²) in [5.74, 6) is -2.36. The number of ether oxygens (including phenoxy) is 1. The van der Waals surface area contributed by atoms with Crippen molar-refractivity contribution >= 4 is 11.8 Å². The first-order valence-electron chi connectivity index (χ1n) is 13.7. The van der Waals surface area contributed by atoms with Gasteiger partial charge in [0, 0.05) is 36.9 Å². The Balaban J connectivity index is 2.31. The van der Waals surface area contributed by atoms with Gasteiger partial charge in [0.15, 0.2) is 0 Å². The smallest absolute Gasteiger partial charge is 0.253 e. The average molecular weight is 549 g/mol. The summed E-state index contributed by atoms with van der Waals surface area (Å²) in [5.41, 5.74) is 1.47. The summed E-state index contributed by atoms with van der Waals surface area (Å²) < 4.78 is 33.1. The largest absolute Gasteiger partial charge is 0.388 e. The van der Waals surface area contributed by atoms with Crippen molar-refractivity contribution in [2.24, 2.45) is 0 Å². The molecule has 0 radical (unpaired) electrons. The van der Waals surface area contributed by atoms with Crippen LogP contribution in [0.5, 0.6) is 0 Å². The molecule has 1 unspecified atom stereocenters. The van der Waals surface area contributed by atoms with Gasteiger partial charge in [-0.3, -0.25) is 9.59 Å². The lowest BCUT2D eigenvalue weighted by Crippen LogP contribution is -2.51. The third-order valence-corrected chi connectivity index (χ3v) is 6.29. The number of hydrogen-bond donors (Lipinski definition) is 3. The van der Waals surface area contributed by atoms with E-state index in [4.69, 9.17) is 4.74 Å². The van der Waals surface area contributed by atoms with Crippen LogP contribution in [0.2, 0.25) is 0 Å². The minimum absolute atomic E-state index is 0.147. The maximum atomic E-state index is 13.8. The maximum absolute atomic E-state index is 13.8. The van der Waals surface area contributed by atoms with Crippen LogP contribution in [0.15, 0.2) is 36.4 Å². The van der Waals surface area contributed by atoms with Gasteiger partial charge in [-0.1, -0.05) is 27.2 Å². The third kappa shape index (κ3) is 10.3. The molecular formula is C30H42F2N2O5. The Labute approximate surface area is 230 Å². The first-order chi connectivity index (χ1) is 18.6. The van der Waals surface area contributed by atoms with E-state index in [1.54, 1.807) is 24.0 Å². The molecule has 9 heteroatoms. The molecule has 3 N–H and O–H groups in total. The van der Waals surface area contributed by atoms with Crippen LogP contribution in [0.3, 0.4) is 0 Å². The summed E-state index contributed by atoms with van der Waals surface area (Å²) in [7, 11) is 0. The van der Waals surface area contributed by atoms with Crippen LogP contribution in [0.25, 0.3) is 0 Å².